The van der Waals surface area contributed by atoms with Gasteiger partial charge in [0, 0.05) is 12.1 Å². The number of imide groups is 1. The van der Waals surface area contributed by atoms with Gasteiger partial charge in [-0.1, -0.05) is 12.1 Å². The van der Waals surface area contributed by atoms with Crippen molar-refractivity contribution in [3.63, 3.8) is 0 Å². The molecule has 0 spiro atoms. The van der Waals surface area contributed by atoms with E-state index in [9.17, 15) is 14.4 Å². The van der Waals surface area contributed by atoms with Gasteiger partial charge in [0.2, 0.25) is 0 Å². The summed E-state index contributed by atoms with van der Waals surface area (Å²) < 4.78 is 11.3. The van der Waals surface area contributed by atoms with Gasteiger partial charge in [0.05, 0.1) is 19.8 Å². The predicted molar refractivity (Wildman–Crippen MR) is 115 cm³/mol. The van der Waals surface area contributed by atoms with E-state index in [1.807, 2.05) is 18.2 Å². The van der Waals surface area contributed by atoms with Crippen LogP contribution in [0, 0.1) is 0 Å². The first-order valence-corrected chi connectivity index (χ1v) is 10.9. The molecule has 2 N–H and O–H groups in total. The molecule has 1 saturated heterocycles. The van der Waals surface area contributed by atoms with Crippen molar-refractivity contribution in [1.29, 1.82) is 0 Å². The summed E-state index contributed by atoms with van der Waals surface area (Å²) in [5.41, 5.74) is 0.631. The van der Waals surface area contributed by atoms with Crippen LogP contribution in [-0.2, 0) is 16.9 Å². The van der Waals surface area contributed by atoms with Crippen molar-refractivity contribution in [2.24, 2.45) is 0 Å². The van der Waals surface area contributed by atoms with Gasteiger partial charge in [-0.05, 0) is 67.1 Å². The first kappa shape index (κ1) is 20.4. The third-order valence-electron chi connectivity index (χ3n) is 6.51. The number of benzene rings is 2. The second-order valence-corrected chi connectivity index (χ2v) is 8.55. The van der Waals surface area contributed by atoms with Gasteiger partial charge in [0.25, 0.3) is 11.8 Å². The fourth-order valence-corrected chi connectivity index (χ4v) is 4.81. The van der Waals surface area contributed by atoms with Crippen LogP contribution in [0.25, 0.3) is 0 Å². The van der Waals surface area contributed by atoms with Crippen molar-refractivity contribution < 1.29 is 23.9 Å². The minimum Gasteiger partial charge on any atom is -0.497 e. The molecule has 2 aromatic carbocycles. The zero-order valence-electron chi connectivity index (χ0n) is 17.8. The lowest BCUT2D eigenvalue weighted by atomic mass is 9.89. The van der Waals surface area contributed by atoms with Crippen molar-refractivity contribution in [2.75, 3.05) is 13.7 Å². The Labute approximate surface area is 185 Å². The number of hydrogen-bond acceptors (Lipinski definition) is 5. The number of fused-ring (bicyclic) bond motifs is 1. The summed E-state index contributed by atoms with van der Waals surface area (Å²) in [7, 11) is 1.57. The van der Waals surface area contributed by atoms with Crippen LogP contribution in [0.2, 0.25) is 0 Å². The number of urea groups is 1. The quantitative estimate of drug-likeness (QED) is 0.680. The first-order valence-electron chi connectivity index (χ1n) is 10.9. The van der Waals surface area contributed by atoms with E-state index < -0.39 is 17.5 Å². The van der Waals surface area contributed by atoms with Gasteiger partial charge in [-0.2, -0.15) is 0 Å². The van der Waals surface area contributed by atoms with Crippen LogP contribution in [-0.4, -0.2) is 42.5 Å². The smallest absolute Gasteiger partial charge is 0.322 e. The molecule has 1 atom stereocenters. The molecule has 0 aromatic heterocycles. The number of amides is 4. The van der Waals surface area contributed by atoms with E-state index in [1.54, 1.807) is 36.3 Å². The second kappa shape index (κ2) is 7.85. The average Bonchev–Trinajstić information content (AvgIpc) is 3.48. The Balaban J connectivity index is 1.41. The van der Waals surface area contributed by atoms with Crippen molar-refractivity contribution in [3.8, 4) is 11.5 Å². The van der Waals surface area contributed by atoms with E-state index in [0.717, 1.165) is 24.2 Å². The van der Waals surface area contributed by atoms with Crippen LogP contribution in [0.3, 0.4) is 0 Å². The minimum absolute atomic E-state index is 0.0171. The highest BCUT2D eigenvalue weighted by molar-refractivity contribution is 6.08. The number of carbonyl (C=O) groups excluding carboxylic acids is 3. The van der Waals surface area contributed by atoms with E-state index in [-0.39, 0.29) is 18.6 Å². The van der Waals surface area contributed by atoms with Gasteiger partial charge in [-0.25, -0.2) is 4.79 Å². The van der Waals surface area contributed by atoms with Crippen molar-refractivity contribution in [3.05, 3.63) is 59.2 Å². The molecule has 0 bridgehead atoms. The van der Waals surface area contributed by atoms with Crippen LogP contribution < -0.4 is 20.1 Å². The van der Waals surface area contributed by atoms with Crippen LogP contribution >= 0.6 is 0 Å². The summed E-state index contributed by atoms with van der Waals surface area (Å²) in [4.78, 5) is 39.7. The molecular weight excluding hydrogens is 410 g/mol. The molecule has 2 aromatic rings. The fraction of sp³-hybridized carbons (Fsp3) is 0.375. The monoisotopic (exact) mass is 435 g/mol. The minimum atomic E-state index is -1.37. The maximum atomic E-state index is 13.0. The van der Waals surface area contributed by atoms with E-state index in [2.05, 4.69) is 10.6 Å². The highest BCUT2D eigenvalue weighted by atomic mass is 16.5. The highest BCUT2D eigenvalue weighted by Gasteiger charge is 2.50. The second-order valence-electron chi connectivity index (χ2n) is 8.55. The third-order valence-corrected chi connectivity index (χ3v) is 6.51. The lowest BCUT2D eigenvalue weighted by Crippen LogP contribution is -2.52. The van der Waals surface area contributed by atoms with Crippen LogP contribution in [0.1, 0.15) is 47.2 Å². The van der Waals surface area contributed by atoms with Gasteiger partial charge in [0.1, 0.15) is 11.5 Å². The number of nitrogens with one attached hydrogen (secondary N) is 2. The Morgan fingerprint density at radius 1 is 1.03 bits per heavy atom. The van der Waals surface area contributed by atoms with E-state index in [0.29, 0.717) is 23.4 Å². The lowest BCUT2D eigenvalue weighted by Gasteiger charge is -2.31. The van der Waals surface area contributed by atoms with Crippen LogP contribution in [0.15, 0.2) is 42.5 Å². The average molecular weight is 435 g/mol. The summed E-state index contributed by atoms with van der Waals surface area (Å²) in [6.45, 7) is 0.350. The summed E-state index contributed by atoms with van der Waals surface area (Å²) >= 11 is 0. The molecule has 8 heteroatoms. The van der Waals surface area contributed by atoms with Crippen LogP contribution in [0.4, 0.5) is 4.79 Å². The van der Waals surface area contributed by atoms with Crippen molar-refractivity contribution in [1.82, 2.24) is 15.5 Å². The first-order chi connectivity index (χ1) is 15.5. The Morgan fingerprint density at radius 3 is 2.41 bits per heavy atom. The summed E-state index contributed by atoms with van der Waals surface area (Å²) in [5, 5.41) is 5.09. The Bertz CT molecular complexity index is 1080. The third kappa shape index (κ3) is 3.45. The van der Waals surface area contributed by atoms with Gasteiger partial charge in [0.15, 0.2) is 5.54 Å². The molecule has 2 aliphatic heterocycles. The standard InChI is InChI=1S/C24H25N3O5/c1-31-19-10-11-20-15(12-19)13-27(21(20)28)14-24(22(29)25-23(30)26-24)16-6-8-18(9-7-16)32-17-4-2-3-5-17/h6-12,17H,2-5,13-14H2,1H3,(H2,25,26,29,30). The number of carbonyl (C=O) groups is 3. The molecule has 166 valence electrons. The van der Waals surface area contributed by atoms with Gasteiger partial charge in [-0.3, -0.25) is 14.9 Å². The zero-order chi connectivity index (χ0) is 22.3. The molecule has 0 radical (unpaired) electrons. The molecule has 8 nitrogen and oxygen atoms in total. The number of rotatable bonds is 6. The molecule has 4 amide bonds. The molecule has 1 aliphatic carbocycles. The molecule has 1 saturated carbocycles. The molecular formula is C24H25N3O5. The molecule has 32 heavy (non-hydrogen) atoms. The normalized spacial score (nSPS) is 22.7. The molecule has 2 heterocycles. The van der Waals surface area contributed by atoms with Gasteiger partial charge in [-0.15, -0.1) is 0 Å². The van der Waals surface area contributed by atoms with E-state index in [1.165, 1.54) is 12.8 Å². The van der Waals surface area contributed by atoms with Gasteiger partial charge < -0.3 is 19.7 Å². The predicted octanol–water partition coefficient (Wildman–Crippen LogP) is 2.71. The SMILES string of the molecule is COc1ccc2c(c1)CN(CC1(c3ccc(OC4CCCC4)cc3)NC(=O)NC1=O)C2=O. The number of ether oxygens (including phenoxy) is 2. The molecule has 2 fully saturated rings. The molecule has 3 aliphatic rings. The van der Waals surface area contributed by atoms with Gasteiger partial charge >= 0.3 is 6.03 Å². The number of hydrogen-bond donors (Lipinski definition) is 2. The Kier molecular flexibility index (Phi) is 5.00. The van der Waals surface area contributed by atoms with Crippen molar-refractivity contribution >= 4 is 17.8 Å². The Morgan fingerprint density at radius 2 is 1.75 bits per heavy atom. The summed E-state index contributed by atoms with van der Waals surface area (Å²) in [6.07, 6.45) is 4.67. The summed E-state index contributed by atoms with van der Waals surface area (Å²) in [6, 6.07) is 11.9. The van der Waals surface area contributed by atoms with Crippen molar-refractivity contribution in [2.45, 2.75) is 43.9 Å². The van der Waals surface area contributed by atoms with Crippen LogP contribution in [0.5, 0.6) is 11.5 Å². The maximum absolute atomic E-state index is 13.0. The number of nitrogens with zero attached hydrogens (tertiary/aromatic N) is 1. The van der Waals surface area contributed by atoms with E-state index in [4.69, 9.17) is 9.47 Å². The Hall–Kier alpha value is -3.55. The largest absolute Gasteiger partial charge is 0.497 e. The fourth-order valence-electron chi connectivity index (χ4n) is 4.81. The number of methoxy groups -OCH3 is 1. The highest BCUT2D eigenvalue weighted by Crippen LogP contribution is 2.33. The zero-order valence-corrected chi connectivity index (χ0v) is 17.8. The topological polar surface area (TPSA) is 97.0 Å². The summed E-state index contributed by atoms with van der Waals surface area (Å²) in [5.74, 6) is 0.737. The lowest BCUT2D eigenvalue weighted by molar-refractivity contribution is -0.124. The van der Waals surface area contributed by atoms with E-state index >= 15 is 0 Å². The molecule has 5 rings (SSSR count). The molecule has 1 unspecified atom stereocenters. The maximum Gasteiger partial charge on any atom is 0.322 e.